The van der Waals surface area contributed by atoms with Gasteiger partial charge in [-0.2, -0.15) is 5.26 Å². The normalized spacial score (nSPS) is 27.4. The first kappa shape index (κ1) is 20.5. The van der Waals surface area contributed by atoms with Crippen molar-refractivity contribution < 1.29 is 25.2 Å². The molecule has 6 heteroatoms. The Morgan fingerprint density at radius 2 is 1.64 bits per heavy atom. The molecule has 0 aromatic heterocycles. The SMILES string of the molecule is CCc1ccc(Cc2cc([C@@H]3OC(CO)[C@@H](O)[C@H](O)[C@H]3O)ccc2C#N)cc1. The highest BCUT2D eigenvalue weighted by Gasteiger charge is 2.44. The van der Waals surface area contributed by atoms with Crippen molar-refractivity contribution in [2.75, 3.05) is 6.61 Å². The summed E-state index contributed by atoms with van der Waals surface area (Å²) >= 11 is 0. The molecule has 0 radical (unpaired) electrons. The third-order valence-electron chi connectivity index (χ3n) is 5.30. The second-order valence-corrected chi connectivity index (χ2v) is 7.12. The van der Waals surface area contributed by atoms with Gasteiger partial charge in [0, 0.05) is 0 Å². The van der Waals surface area contributed by atoms with E-state index < -0.39 is 37.1 Å². The van der Waals surface area contributed by atoms with E-state index in [0.717, 1.165) is 17.5 Å². The average Bonchev–Trinajstić information content (AvgIpc) is 2.73. The largest absolute Gasteiger partial charge is 0.394 e. The van der Waals surface area contributed by atoms with Gasteiger partial charge in [0.05, 0.1) is 18.2 Å². The highest BCUT2D eigenvalue weighted by Crippen LogP contribution is 2.33. The lowest BCUT2D eigenvalue weighted by molar-refractivity contribution is -0.231. The first-order chi connectivity index (χ1) is 13.5. The zero-order valence-corrected chi connectivity index (χ0v) is 15.7. The van der Waals surface area contributed by atoms with E-state index in [2.05, 4.69) is 25.1 Å². The Kier molecular flexibility index (Phi) is 6.45. The van der Waals surface area contributed by atoms with E-state index in [4.69, 9.17) is 4.74 Å². The molecule has 0 saturated carbocycles. The fourth-order valence-electron chi connectivity index (χ4n) is 3.54. The number of hydrogen-bond donors (Lipinski definition) is 4. The zero-order valence-electron chi connectivity index (χ0n) is 15.7. The van der Waals surface area contributed by atoms with E-state index in [1.54, 1.807) is 18.2 Å². The maximum atomic E-state index is 10.4. The Bertz CT molecular complexity index is 843. The summed E-state index contributed by atoms with van der Waals surface area (Å²) in [4.78, 5) is 0. The van der Waals surface area contributed by atoms with E-state index in [0.29, 0.717) is 17.5 Å². The highest BCUT2D eigenvalue weighted by molar-refractivity contribution is 5.44. The summed E-state index contributed by atoms with van der Waals surface area (Å²) in [5.41, 5.74) is 4.17. The van der Waals surface area contributed by atoms with Crippen molar-refractivity contribution in [1.82, 2.24) is 0 Å². The van der Waals surface area contributed by atoms with Gasteiger partial charge >= 0.3 is 0 Å². The van der Waals surface area contributed by atoms with Gasteiger partial charge in [0.15, 0.2) is 0 Å². The topological polar surface area (TPSA) is 114 Å². The van der Waals surface area contributed by atoms with Gasteiger partial charge in [0.2, 0.25) is 0 Å². The second-order valence-electron chi connectivity index (χ2n) is 7.12. The van der Waals surface area contributed by atoms with E-state index in [9.17, 15) is 25.7 Å². The predicted molar refractivity (Wildman–Crippen MR) is 103 cm³/mol. The molecular weight excluding hydrogens is 358 g/mol. The van der Waals surface area contributed by atoms with E-state index in [1.807, 2.05) is 12.1 Å². The van der Waals surface area contributed by atoms with E-state index >= 15 is 0 Å². The van der Waals surface area contributed by atoms with Crippen LogP contribution in [0.1, 0.15) is 40.8 Å². The molecule has 1 aliphatic rings. The minimum atomic E-state index is -1.43. The molecule has 3 rings (SSSR count). The van der Waals surface area contributed by atoms with Crippen molar-refractivity contribution >= 4 is 0 Å². The predicted octanol–water partition coefficient (Wildman–Crippen LogP) is 1.23. The Morgan fingerprint density at radius 3 is 2.25 bits per heavy atom. The molecule has 0 amide bonds. The summed E-state index contributed by atoms with van der Waals surface area (Å²) < 4.78 is 5.63. The van der Waals surface area contributed by atoms with Gasteiger partial charge in [-0.05, 0) is 41.2 Å². The Morgan fingerprint density at radius 1 is 0.964 bits per heavy atom. The molecule has 2 aromatic rings. The van der Waals surface area contributed by atoms with Crippen LogP contribution in [-0.2, 0) is 17.6 Å². The minimum absolute atomic E-state index is 0.478. The minimum Gasteiger partial charge on any atom is -0.394 e. The number of aryl methyl sites for hydroxylation is 1. The van der Waals surface area contributed by atoms with Crippen molar-refractivity contribution in [1.29, 1.82) is 5.26 Å². The smallest absolute Gasteiger partial charge is 0.113 e. The maximum Gasteiger partial charge on any atom is 0.113 e. The lowest BCUT2D eigenvalue weighted by atomic mass is 9.89. The van der Waals surface area contributed by atoms with Gasteiger partial charge in [0.1, 0.15) is 30.5 Å². The van der Waals surface area contributed by atoms with Gasteiger partial charge in [-0.1, -0.05) is 43.3 Å². The molecule has 6 nitrogen and oxygen atoms in total. The molecular formula is C22H25NO5. The molecule has 28 heavy (non-hydrogen) atoms. The summed E-state index contributed by atoms with van der Waals surface area (Å²) in [6, 6.07) is 15.5. The molecule has 0 aliphatic carbocycles. The molecule has 1 fully saturated rings. The van der Waals surface area contributed by atoms with Crippen molar-refractivity contribution in [3.63, 3.8) is 0 Å². The lowest BCUT2D eigenvalue weighted by Crippen LogP contribution is -2.55. The molecule has 2 aromatic carbocycles. The number of aliphatic hydroxyl groups excluding tert-OH is 4. The van der Waals surface area contributed by atoms with Crippen molar-refractivity contribution in [3.8, 4) is 6.07 Å². The number of ether oxygens (including phenoxy) is 1. The Labute approximate surface area is 164 Å². The molecule has 1 aliphatic heterocycles. The van der Waals surface area contributed by atoms with Gasteiger partial charge < -0.3 is 25.2 Å². The highest BCUT2D eigenvalue weighted by atomic mass is 16.5. The van der Waals surface area contributed by atoms with Crippen LogP contribution in [0.15, 0.2) is 42.5 Å². The van der Waals surface area contributed by atoms with Crippen LogP contribution in [0.25, 0.3) is 0 Å². The van der Waals surface area contributed by atoms with Gasteiger partial charge in [0.25, 0.3) is 0 Å². The van der Waals surface area contributed by atoms with Crippen LogP contribution in [0.5, 0.6) is 0 Å². The fraction of sp³-hybridized carbons (Fsp3) is 0.409. The molecule has 0 spiro atoms. The summed E-state index contributed by atoms with van der Waals surface area (Å²) in [5, 5.41) is 49.2. The van der Waals surface area contributed by atoms with Crippen LogP contribution in [0.4, 0.5) is 0 Å². The fourth-order valence-corrected chi connectivity index (χ4v) is 3.54. The van der Waals surface area contributed by atoms with Crippen molar-refractivity contribution in [2.45, 2.75) is 50.3 Å². The Balaban J connectivity index is 1.90. The second kappa shape index (κ2) is 8.82. The number of hydrogen-bond acceptors (Lipinski definition) is 6. The summed E-state index contributed by atoms with van der Waals surface area (Å²) in [6.07, 6.45) is -4.56. The third-order valence-corrected chi connectivity index (χ3v) is 5.30. The van der Waals surface area contributed by atoms with Crippen molar-refractivity contribution in [3.05, 3.63) is 70.3 Å². The number of nitriles is 1. The molecule has 1 heterocycles. The van der Waals surface area contributed by atoms with Crippen LogP contribution in [0.3, 0.4) is 0 Å². The maximum absolute atomic E-state index is 10.4. The third kappa shape index (κ3) is 4.09. The quantitative estimate of drug-likeness (QED) is 0.617. The molecule has 4 N–H and O–H groups in total. The standard InChI is InChI=1S/C22H25NO5/c1-2-13-3-5-14(6-4-13)9-17-10-15(7-8-16(17)11-23)22-21(27)20(26)19(25)18(12-24)28-22/h3-8,10,18-22,24-27H,2,9,12H2,1H3/t18?,19-,20+,21-,22+/m1/s1. The molecule has 0 bridgehead atoms. The molecule has 5 atom stereocenters. The van der Waals surface area contributed by atoms with Crippen LogP contribution in [0.2, 0.25) is 0 Å². The first-order valence-electron chi connectivity index (χ1n) is 9.39. The first-order valence-corrected chi connectivity index (χ1v) is 9.39. The average molecular weight is 383 g/mol. The van der Waals surface area contributed by atoms with Crippen LogP contribution < -0.4 is 0 Å². The van der Waals surface area contributed by atoms with E-state index in [-0.39, 0.29) is 0 Å². The number of nitrogens with zero attached hydrogens (tertiary/aromatic N) is 1. The molecule has 1 saturated heterocycles. The zero-order chi connectivity index (χ0) is 20.3. The van der Waals surface area contributed by atoms with Crippen LogP contribution in [-0.4, -0.2) is 51.4 Å². The summed E-state index contributed by atoms with van der Waals surface area (Å²) in [6.45, 7) is 1.61. The Hall–Kier alpha value is -2.27. The molecule has 148 valence electrons. The molecule has 1 unspecified atom stereocenters. The number of rotatable bonds is 5. The lowest BCUT2D eigenvalue weighted by Gasteiger charge is -2.40. The van der Waals surface area contributed by atoms with Gasteiger partial charge in [-0.3, -0.25) is 0 Å². The van der Waals surface area contributed by atoms with Gasteiger partial charge in [-0.15, -0.1) is 0 Å². The van der Waals surface area contributed by atoms with Crippen LogP contribution in [0, 0.1) is 11.3 Å². The van der Waals surface area contributed by atoms with E-state index in [1.165, 1.54) is 5.56 Å². The van der Waals surface area contributed by atoms with Crippen LogP contribution >= 0.6 is 0 Å². The monoisotopic (exact) mass is 383 g/mol. The summed E-state index contributed by atoms with van der Waals surface area (Å²) in [7, 11) is 0. The number of aliphatic hydroxyl groups is 4. The summed E-state index contributed by atoms with van der Waals surface area (Å²) in [5.74, 6) is 0. The van der Waals surface area contributed by atoms with Crippen molar-refractivity contribution in [2.24, 2.45) is 0 Å². The van der Waals surface area contributed by atoms with Gasteiger partial charge in [-0.25, -0.2) is 0 Å². The number of benzene rings is 2.